The summed E-state index contributed by atoms with van der Waals surface area (Å²) in [7, 11) is 0. The van der Waals surface area contributed by atoms with Crippen LogP contribution in [0, 0.1) is 0 Å². The van der Waals surface area contributed by atoms with Gasteiger partial charge in [0.05, 0.1) is 19.3 Å². The molecule has 1 aromatic carbocycles. The minimum Gasteiger partial charge on any atom is -0.388 e. The van der Waals surface area contributed by atoms with E-state index in [1.165, 1.54) is 0 Å². The summed E-state index contributed by atoms with van der Waals surface area (Å²) in [6.45, 7) is 1.06. The van der Waals surface area contributed by atoms with Crippen LogP contribution in [0.4, 0.5) is 0 Å². The van der Waals surface area contributed by atoms with Crippen LogP contribution in [-0.4, -0.2) is 36.3 Å². The lowest BCUT2D eigenvalue weighted by Crippen LogP contribution is -2.43. The van der Waals surface area contributed by atoms with E-state index in [0.717, 1.165) is 5.56 Å². The Kier molecular flexibility index (Phi) is 3.11. The van der Waals surface area contributed by atoms with Crippen molar-refractivity contribution in [2.75, 3.05) is 6.61 Å². The number of ether oxygens (including phenoxy) is 3. The second-order valence-electron chi connectivity index (χ2n) is 4.51. The van der Waals surface area contributed by atoms with Gasteiger partial charge >= 0.3 is 0 Å². The minimum atomic E-state index is -0.575. The van der Waals surface area contributed by atoms with E-state index in [1.54, 1.807) is 0 Å². The number of aliphatic hydroxyl groups is 1. The molecule has 2 aliphatic heterocycles. The summed E-state index contributed by atoms with van der Waals surface area (Å²) in [4.78, 5) is 0. The number of rotatable bonds is 3. The molecule has 1 unspecified atom stereocenters. The molecule has 4 atom stereocenters. The van der Waals surface area contributed by atoms with Gasteiger partial charge in [-0.1, -0.05) is 30.3 Å². The average molecular weight is 236 g/mol. The number of fused-ring (bicyclic) bond motifs is 2. The van der Waals surface area contributed by atoms with Crippen LogP contribution in [0.2, 0.25) is 0 Å². The smallest absolute Gasteiger partial charge is 0.184 e. The van der Waals surface area contributed by atoms with Gasteiger partial charge in [0.15, 0.2) is 6.29 Å². The van der Waals surface area contributed by atoms with Crippen LogP contribution in [0.1, 0.15) is 12.0 Å². The van der Waals surface area contributed by atoms with Crippen molar-refractivity contribution in [3.63, 3.8) is 0 Å². The zero-order valence-corrected chi connectivity index (χ0v) is 9.49. The quantitative estimate of drug-likeness (QED) is 0.853. The first-order valence-corrected chi connectivity index (χ1v) is 5.93. The van der Waals surface area contributed by atoms with Gasteiger partial charge in [-0.15, -0.1) is 0 Å². The molecule has 0 aliphatic carbocycles. The fourth-order valence-electron chi connectivity index (χ4n) is 2.29. The highest BCUT2D eigenvalue weighted by Crippen LogP contribution is 2.29. The maximum atomic E-state index is 9.73. The summed E-state index contributed by atoms with van der Waals surface area (Å²) in [6, 6.07) is 9.99. The molecule has 1 aromatic rings. The van der Waals surface area contributed by atoms with Crippen LogP contribution >= 0.6 is 0 Å². The molecule has 0 amide bonds. The van der Waals surface area contributed by atoms with Crippen LogP contribution in [0.15, 0.2) is 30.3 Å². The van der Waals surface area contributed by atoms with E-state index in [4.69, 9.17) is 14.2 Å². The first-order valence-electron chi connectivity index (χ1n) is 5.93. The Labute approximate surface area is 100 Å². The topological polar surface area (TPSA) is 47.9 Å². The van der Waals surface area contributed by atoms with Crippen LogP contribution in [0.25, 0.3) is 0 Å². The first-order chi connectivity index (χ1) is 8.33. The maximum absolute atomic E-state index is 9.73. The van der Waals surface area contributed by atoms with Gasteiger partial charge in [0, 0.05) is 6.42 Å². The highest BCUT2D eigenvalue weighted by atomic mass is 16.7. The van der Waals surface area contributed by atoms with Gasteiger partial charge in [-0.25, -0.2) is 0 Å². The largest absolute Gasteiger partial charge is 0.388 e. The van der Waals surface area contributed by atoms with Gasteiger partial charge in [0.1, 0.15) is 12.2 Å². The van der Waals surface area contributed by atoms with Crippen molar-refractivity contribution in [2.24, 2.45) is 0 Å². The SMILES string of the molecule is O[C@@H]1C[C@H](OCc2ccccc2)[C@H]2COC1O2. The Hall–Kier alpha value is -0.940. The third kappa shape index (κ3) is 2.35. The number of benzene rings is 1. The van der Waals surface area contributed by atoms with Crippen molar-refractivity contribution in [3.05, 3.63) is 35.9 Å². The average Bonchev–Trinajstić information content (AvgIpc) is 2.80. The van der Waals surface area contributed by atoms with E-state index >= 15 is 0 Å². The fourth-order valence-corrected chi connectivity index (χ4v) is 2.29. The predicted octanol–water partition coefficient (Wildman–Crippen LogP) is 1.08. The molecule has 2 saturated heterocycles. The zero-order chi connectivity index (χ0) is 11.7. The van der Waals surface area contributed by atoms with Crippen molar-refractivity contribution >= 4 is 0 Å². The molecule has 0 spiro atoms. The van der Waals surface area contributed by atoms with Crippen LogP contribution in [0.3, 0.4) is 0 Å². The summed E-state index contributed by atoms with van der Waals surface area (Å²) in [5.41, 5.74) is 1.13. The summed E-state index contributed by atoms with van der Waals surface area (Å²) in [5, 5.41) is 9.73. The zero-order valence-electron chi connectivity index (χ0n) is 9.49. The molecule has 4 heteroatoms. The lowest BCUT2D eigenvalue weighted by molar-refractivity contribution is -0.193. The van der Waals surface area contributed by atoms with Crippen LogP contribution in [-0.2, 0) is 20.8 Å². The van der Waals surface area contributed by atoms with Crippen molar-refractivity contribution < 1.29 is 19.3 Å². The Balaban J connectivity index is 1.58. The molecule has 2 fully saturated rings. The fraction of sp³-hybridized carbons (Fsp3) is 0.538. The molecule has 4 nitrogen and oxygen atoms in total. The third-order valence-electron chi connectivity index (χ3n) is 3.24. The molecule has 0 saturated carbocycles. The van der Waals surface area contributed by atoms with Gasteiger partial charge < -0.3 is 19.3 Å². The molecule has 2 aliphatic rings. The van der Waals surface area contributed by atoms with Crippen molar-refractivity contribution in [1.82, 2.24) is 0 Å². The van der Waals surface area contributed by atoms with E-state index in [-0.39, 0.29) is 12.2 Å². The van der Waals surface area contributed by atoms with E-state index < -0.39 is 12.4 Å². The number of aliphatic hydroxyl groups excluding tert-OH is 1. The van der Waals surface area contributed by atoms with Crippen molar-refractivity contribution in [2.45, 2.75) is 37.6 Å². The van der Waals surface area contributed by atoms with Gasteiger partial charge in [0.2, 0.25) is 0 Å². The molecule has 1 N–H and O–H groups in total. The Bertz CT molecular complexity index is 367. The Morgan fingerprint density at radius 3 is 2.94 bits per heavy atom. The van der Waals surface area contributed by atoms with Crippen LogP contribution in [0.5, 0.6) is 0 Å². The molecular formula is C13H16O4. The predicted molar refractivity (Wildman–Crippen MR) is 60.3 cm³/mol. The Morgan fingerprint density at radius 2 is 2.12 bits per heavy atom. The van der Waals surface area contributed by atoms with Crippen LogP contribution < -0.4 is 0 Å². The molecular weight excluding hydrogens is 220 g/mol. The monoisotopic (exact) mass is 236 g/mol. The van der Waals surface area contributed by atoms with E-state index in [0.29, 0.717) is 19.6 Å². The minimum absolute atomic E-state index is 0.0351. The molecule has 2 bridgehead atoms. The van der Waals surface area contributed by atoms with Gasteiger partial charge in [-0.3, -0.25) is 0 Å². The summed E-state index contributed by atoms with van der Waals surface area (Å²) in [5.74, 6) is 0. The lowest BCUT2D eigenvalue weighted by Gasteiger charge is -2.30. The number of hydrogen-bond donors (Lipinski definition) is 1. The molecule has 2 heterocycles. The second-order valence-corrected chi connectivity index (χ2v) is 4.51. The molecule has 17 heavy (non-hydrogen) atoms. The molecule has 3 rings (SSSR count). The van der Waals surface area contributed by atoms with Gasteiger partial charge in [-0.05, 0) is 5.56 Å². The van der Waals surface area contributed by atoms with Gasteiger partial charge in [-0.2, -0.15) is 0 Å². The van der Waals surface area contributed by atoms with E-state index in [2.05, 4.69) is 0 Å². The molecule has 0 radical (unpaired) electrons. The third-order valence-corrected chi connectivity index (χ3v) is 3.24. The standard InChI is InChI=1S/C13H16O4/c14-10-6-11(12-8-16-13(10)17-12)15-7-9-4-2-1-3-5-9/h1-5,10-14H,6-8H2/t10-,11+,12-,13?/m1/s1. The summed E-state index contributed by atoms with van der Waals surface area (Å²) < 4.78 is 16.6. The molecule has 0 aromatic heterocycles. The van der Waals surface area contributed by atoms with E-state index in [9.17, 15) is 5.11 Å². The highest BCUT2D eigenvalue weighted by Gasteiger charge is 2.43. The van der Waals surface area contributed by atoms with Crippen molar-refractivity contribution in [3.8, 4) is 0 Å². The lowest BCUT2D eigenvalue weighted by atomic mass is 10.0. The first kappa shape index (κ1) is 11.2. The normalized spacial score (nSPS) is 36.1. The summed E-state index contributed by atoms with van der Waals surface area (Å²) in [6.07, 6.45) is -0.551. The number of hydrogen-bond acceptors (Lipinski definition) is 4. The second kappa shape index (κ2) is 4.74. The van der Waals surface area contributed by atoms with E-state index in [1.807, 2.05) is 30.3 Å². The molecule has 92 valence electrons. The van der Waals surface area contributed by atoms with Crippen molar-refractivity contribution in [1.29, 1.82) is 0 Å². The maximum Gasteiger partial charge on any atom is 0.184 e. The van der Waals surface area contributed by atoms with Gasteiger partial charge in [0.25, 0.3) is 0 Å². The Morgan fingerprint density at radius 1 is 1.29 bits per heavy atom. The highest BCUT2D eigenvalue weighted by molar-refractivity contribution is 5.13. The summed E-state index contributed by atoms with van der Waals surface area (Å²) >= 11 is 0.